The first-order valence-corrected chi connectivity index (χ1v) is 5.87. The van der Waals surface area contributed by atoms with Crippen LogP contribution in [0.15, 0.2) is 0 Å². The summed E-state index contributed by atoms with van der Waals surface area (Å²) in [5.41, 5.74) is 5.90. The van der Waals surface area contributed by atoms with Crippen LogP contribution in [0.5, 0.6) is 0 Å². The highest BCUT2D eigenvalue weighted by molar-refractivity contribution is 4.82. The minimum atomic E-state index is 0.448. The average molecular weight is 198 g/mol. The second-order valence-corrected chi connectivity index (χ2v) is 4.73. The van der Waals surface area contributed by atoms with Crippen molar-refractivity contribution in [2.24, 2.45) is 5.73 Å². The molecule has 2 heterocycles. The van der Waals surface area contributed by atoms with E-state index in [-0.39, 0.29) is 0 Å². The predicted octanol–water partition coefficient (Wildman–Crippen LogP) is 0.977. The fourth-order valence-corrected chi connectivity index (χ4v) is 2.59. The Hall–Kier alpha value is -0.120. The predicted molar refractivity (Wildman–Crippen MR) is 57.2 cm³/mol. The van der Waals surface area contributed by atoms with E-state index in [9.17, 15) is 0 Å². The van der Waals surface area contributed by atoms with Crippen LogP contribution >= 0.6 is 0 Å². The lowest BCUT2D eigenvalue weighted by molar-refractivity contribution is -0.0222. The van der Waals surface area contributed by atoms with Gasteiger partial charge in [-0.2, -0.15) is 0 Å². The molecule has 0 radical (unpaired) electrons. The molecule has 0 aromatic carbocycles. The summed E-state index contributed by atoms with van der Waals surface area (Å²) in [5, 5.41) is 0. The second kappa shape index (κ2) is 4.60. The van der Waals surface area contributed by atoms with Gasteiger partial charge in [0.2, 0.25) is 0 Å². The zero-order valence-corrected chi connectivity index (χ0v) is 9.11. The van der Waals surface area contributed by atoms with Crippen molar-refractivity contribution in [3.63, 3.8) is 0 Å². The highest BCUT2D eigenvalue weighted by atomic mass is 16.5. The summed E-state index contributed by atoms with van der Waals surface area (Å²) >= 11 is 0. The first-order chi connectivity index (χ1) is 6.75. The van der Waals surface area contributed by atoms with Gasteiger partial charge in [-0.3, -0.25) is 0 Å². The van der Waals surface area contributed by atoms with E-state index in [1.165, 1.54) is 38.8 Å². The lowest BCUT2D eigenvalue weighted by Crippen LogP contribution is -2.48. The molecule has 0 aliphatic carbocycles. The molecule has 3 heteroatoms. The van der Waals surface area contributed by atoms with Gasteiger partial charge < -0.3 is 15.4 Å². The van der Waals surface area contributed by atoms with Crippen molar-refractivity contribution in [1.82, 2.24) is 4.90 Å². The minimum absolute atomic E-state index is 0.448. The third-order valence-corrected chi connectivity index (χ3v) is 3.55. The Labute approximate surface area is 86.6 Å². The van der Waals surface area contributed by atoms with Crippen LogP contribution in [0, 0.1) is 0 Å². The van der Waals surface area contributed by atoms with Gasteiger partial charge in [0.15, 0.2) is 0 Å². The van der Waals surface area contributed by atoms with E-state index < -0.39 is 0 Å². The topological polar surface area (TPSA) is 38.5 Å². The smallest absolute Gasteiger partial charge is 0.0561 e. The van der Waals surface area contributed by atoms with Crippen molar-refractivity contribution in [3.8, 4) is 0 Å². The largest absolute Gasteiger partial charge is 0.378 e. The molecule has 0 bridgehead atoms. The fourth-order valence-electron chi connectivity index (χ4n) is 2.59. The Balaban J connectivity index is 1.82. The fraction of sp³-hybridized carbons (Fsp3) is 1.00. The molecule has 2 aliphatic rings. The second-order valence-electron chi connectivity index (χ2n) is 4.73. The molecular formula is C11H22N2O. The number of ether oxygens (including phenoxy) is 1. The van der Waals surface area contributed by atoms with Crippen molar-refractivity contribution in [1.29, 1.82) is 0 Å². The zero-order valence-electron chi connectivity index (χ0n) is 9.11. The summed E-state index contributed by atoms with van der Waals surface area (Å²) in [4.78, 5) is 2.61. The van der Waals surface area contributed by atoms with Crippen molar-refractivity contribution >= 4 is 0 Å². The molecule has 0 aromatic rings. The Bertz CT molecular complexity index is 178. The molecule has 3 nitrogen and oxygen atoms in total. The SMILES string of the molecule is CC1CC(N2CCC(N)CC2)CCO1. The van der Waals surface area contributed by atoms with Gasteiger partial charge in [-0.1, -0.05) is 0 Å². The Morgan fingerprint density at radius 1 is 1.21 bits per heavy atom. The van der Waals surface area contributed by atoms with Crippen LogP contribution in [0.2, 0.25) is 0 Å². The summed E-state index contributed by atoms with van der Waals surface area (Å²) < 4.78 is 5.57. The minimum Gasteiger partial charge on any atom is -0.378 e. The third kappa shape index (κ3) is 2.47. The molecule has 0 amide bonds. The standard InChI is InChI=1S/C11H22N2O/c1-9-8-11(4-7-14-9)13-5-2-10(12)3-6-13/h9-11H,2-8,12H2,1H3. The van der Waals surface area contributed by atoms with Crippen LogP contribution in [0.25, 0.3) is 0 Å². The summed E-state index contributed by atoms with van der Waals surface area (Å²) in [6.45, 7) is 5.51. The summed E-state index contributed by atoms with van der Waals surface area (Å²) in [6, 6.07) is 1.20. The average Bonchev–Trinajstić information content (AvgIpc) is 2.19. The van der Waals surface area contributed by atoms with Gasteiger partial charge in [0.05, 0.1) is 6.10 Å². The summed E-state index contributed by atoms with van der Waals surface area (Å²) in [7, 11) is 0. The number of nitrogens with two attached hydrogens (primary N) is 1. The van der Waals surface area contributed by atoms with Crippen molar-refractivity contribution in [2.45, 2.75) is 50.8 Å². The van der Waals surface area contributed by atoms with E-state index >= 15 is 0 Å². The molecule has 0 spiro atoms. The number of hydrogen-bond acceptors (Lipinski definition) is 3. The number of piperidine rings is 1. The van der Waals surface area contributed by atoms with Crippen LogP contribution in [0.1, 0.15) is 32.6 Å². The molecule has 0 aromatic heterocycles. The molecule has 2 N–H and O–H groups in total. The van der Waals surface area contributed by atoms with Gasteiger partial charge in [0.1, 0.15) is 0 Å². The molecule has 2 unspecified atom stereocenters. The molecule has 2 saturated heterocycles. The van der Waals surface area contributed by atoms with Gasteiger partial charge in [-0.25, -0.2) is 0 Å². The Kier molecular flexibility index (Phi) is 3.42. The maximum absolute atomic E-state index is 5.90. The van der Waals surface area contributed by atoms with Gasteiger partial charge in [-0.05, 0) is 45.7 Å². The van der Waals surface area contributed by atoms with E-state index in [1.54, 1.807) is 0 Å². The summed E-state index contributed by atoms with van der Waals surface area (Å²) in [5.74, 6) is 0. The molecule has 14 heavy (non-hydrogen) atoms. The lowest BCUT2D eigenvalue weighted by Gasteiger charge is -2.40. The van der Waals surface area contributed by atoms with Gasteiger partial charge >= 0.3 is 0 Å². The lowest BCUT2D eigenvalue weighted by atomic mass is 9.98. The van der Waals surface area contributed by atoms with Gasteiger partial charge in [-0.15, -0.1) is 0 Å². The summed E-state index contributed by atoms with van der Waals surface area (Å²) in [6.07, 6.45) is 5.20. The molecule has 0 saturated carbocycles. The highest BCUT2D eigenvalue weighted by Gasteiger charge is 2.27. The molecule has 2 aliphatic heterocycles. The van der Waals surface area contributed by atoms with Crippen molar-refractivity contribution in [2.75, 3.05) is 19.7 Å². The molecule has 82 valence electrons. The van der Waals surface area contributed by atoms with E-state index in [0.29, 0.717) is 12.1 Å². The number of likely N-dealkylation sites (tertiary alicyclic amines) is 1. The number of nitrogens with zero attached hydrogens (tertiary/aromatic N) is 1. The molecule has 2 rings (SSSR count). The van der Waals surface area contributed by atoms with E-state index in [1.807, 2.05) is 0 Å². The molecular weight excluding hydrogens is 176 g/mol. The van der Waals surface area contributed by atoms with Crippen LogP contribution in [0.3, 0.4) is 0 Å². The van der Waals surface area contributed by atoms with E-state index in [2.05, 4.69) is 11.8 Å². The van der Waals surface area contributed by atoms with E-state index in [4.69, 9.17) is 10.5 Å². The van der Waals surface area contributed by atoms with Crippen LogP contribution in [-0.4, -0.2) is 42.8 Å². The highest BCUT2D eigenvalue weighted by Crippen LogP contribution is 2.22. The first-order valence-electron chi connectivity index (χ1n) is 5.87. The maximum atomic E-state index is 5.90. The Morgan fingerprint density at radius 2 is 1.93 bits per heavy atom. The van der Waals surface area contributed by atoms with Crippen LogP contribution < -0.4 is 5.73 Å². The zero-order chi connectivity index (χ0) is 9.97. The van der Waals surface area contributed by atoms with Crippen molar-refractivity contribution < 1.29 is 4.74 Å². The normalized spacial score (nSPS) is 37.3. The van der Waals surface area contributed by atoms with Gasteiger partial charge in [0, 0.05) is 18.7 Å². The van der Waals surface area contributed by atoms with Crippen LogP contribution in [-0.2, 0) is 4.74 Å². The maximum Gasteiger partial charge on any atom is 0.0561 e. The van der Waals surface area contributed by atoms with E-state index in [0.717, 1.165) is 12.6 Å². The molecule has 2 atom stereocenters. The first kappa shape index (κ1) is 10.4. The third-order valence-electron chi connectivity index (χ3n) is 3.55. The number of hydrogen-bond donors (Lipinski definition) is 1. The Morgan fingerprint density at radius 3 is 2.57 bits per heavy atom. The molecule has 2 fully saturated rings. The monoisotopic (exact) mass is 198 g/mol. The van der Waals surface area contributed by atoms with Gasteiger partial charge in [0.25, 0.3) is 0 Å². The number of rotatable bonds is 1. The van der Waals surface area contributed by atoms with Crippen LogP contribution in [0.4, 0.5) is 0 Å². The van der Waals surface area contributed by atoms with Crippen molar-refractivity contribution in [3.05, 3.63) is 0 Å². The quantitative estimate of drug-likeness (QED) is 0.682.